The number of hydrogen-bond acceptors (Lipinski definition) is 4. The Bertz CT molecular complexity index is 1090. The Balaban J connectivity index is 2.39. The van der Waals surface area contributed by atoms with Crippen molar-refractivity contribution in [2.24, 2.45) is 0 Å². The Hall–Kier alpha value is -2.94. The summed E-state index contributed by atoms with van der Waals surface area (Å²) in [7, 11) is -3.78. The van der Waals surface area contributed by atoms with Crippen molar-refractivity contribution in [3.05, 3.63) is 65.0 Å². The zero-order valence-electron chi connectivity index (χ0n) is 19.8. The highest BCUT2D eigenvalue weighted by atomic mass is 32.2. The van der Waals surface area contributed by atoms with Crippen molar-refractivity contribution in [3.63, 3.8) is 0 Å². The van der Waals surface area contributed by atoms with Crippen molar-refractivity contribution in [1.82, 2.24) is 10.2 Å². The van der Waals surface area contributed by atoms with E-state index < -0.39 is 34.3 Å². The van der Waals surface area contributed by atoms with Crippen molar-refractivity contribution in [2.75, 3.05) is 23.7 Å². The molecule has 2 aromatic rings. The Labute approximate surface area is 195 Å². The van der Waals surface area contributed by atoms with E-state index in [-0.39, 0.29) is 12.5 Å². The smallest absolute Gasteiger partial charge is 0.244 e. The first-order valence-corrected chi connectivity index (χ1v) is 12.7. The lowest BCUT2D eigenvalue weighted by molar-refractivity contribution is -0.139. The van der Waals surface area contributed by atoms with Crippen LogP contribution < -0.4 is 9.62 Å². The molecule has 1 atom stereocenters. The molecule has 0 saturated heterocycles. The molecular formula is C24H32FN3O4S. The number of nitrogens with one attached hydrogen (secondary N) is 1. The molecular weight excluding hydrogens is 445 g/mol. The molecule has 33 heavy (non-hydrogen) atoms. The fourth-order valence-corrected chi connectivity index (χ4v) is 4.35. The molecule has 0 aliphatic rings. The van der Waals surface area contributed by atoms with Crippen molar-refractivity contribution in [2.45, 2.75) is 46.7 Å². The van der Waals surface area contributed by atoms with Gasteiger partial charge in [0.15, 0.2) is 0 Å². The minimum atomic E-state index is -3.78. The van der Waals surface area contributed by atoms with Gasteiger partial charge in [-0.25, -0.2) is 12.8 Å². The molecule has 0 radical (unpaired) electrons. The van der Waals surface area contributed by atoms with E-state index in [4.69, 9.17) is 0 Å². The number of halogens is 1. The molecule has 2 rings (SSSR count). The molecule has 9 heteroatoms. The summed E-state index contributed by atoms with van der Waals surface area (Å²) in [4.78, 5) is 27.4. The Morgan fingerprint density at radius 3 is 2.27 bits per heavy atom. The second kappa shape index (κ2) is 11.3. The lowest BCUT2D eigenvalue weighted by Gasteiger charge is -2.32. The zero-order chi connectivity index (χ0) is 24.8. The van der Waals surface area contributed by atoms with Crippen LogP contribution in [0.3, 0.4) is 0 Å². The number of benzene rings is 2. The highest BCUT2D eigenvalue weighted by Gasteiger charge is 2.30. The number of nitrogens with zero attached hydrogens (tertiary/aromatic N) is 2. The van der Waals surface area contributed by atoms with Crippen LogP contribution in [-0.2, 0) is 26.2 Å². The van der Waals surface area contributed by atoms with E-state index in [2.05, 4.69) is 5.32 Å². The lowest BCUT2D eigenvalue weighted by atomic mass is 10.1. The molecule has 0 aliphatic heterocycles. The summed E-state index contributed by atoms with van der Waals surface area (Å²) in [5.41, 5.74) is 2.71. The van der Waals surface area contributed by atoms with Gasteiger partial charge in [0.05, 0.1) is 11.9 Å². The van der Waals surface area contributed by atoms with Crippen LogP contribution in [0.1, 0.15) is 37.0 Å². The molecule has 1 N–H and O–H groups in total. The Morgan fingerprint density at radius 2 is 1.73 bits per heavy atom. The molecule has 7 nitrogen and oxygen atoms in total. The maximum absolute atomic E-state index is 13.4. The van der Waals surface area contributed by atoms with Gasteiger partial charge in [-0.1, -0.05) is 36.8 Å². The summed E-state index contributed by atoms with van der Waals surface area (Å²) in [6.07, 6.45) is 1.78. The monoisotopic (exact) mass is 477 g/mol. The average molecular weight is 478 g/mol. The first-order valence-electron chi connectivity index (χ1n) is 10.8. The molecule has 0 aromatic heterocycles. The number of carbonyl (C=O) groups is 2. The van der Waals surface area contributed by atoms with Gasteiger partial charge in [-0.05, 0) is 56.5 Å². The van der Waals surface area contributed by atoms with Crippen LogP contribution in [0.25, 0.3) is 0 Å². The highest BCUT2D eigenvalue weighted by molar-refractivity contribution is 7.92. The Morgan fingerprint density at radius 1 is 1.09 bits per heavy atom. The van der Waals surface area contributed by atoms with Crippen LogP contribution in [0, 0.1) is 19.7 Å². The summed E-state index contributed by atoms with van der Waals surface area (Å²) < 4.78 is 39.6. The number of rotatable bonds is 10. The molecule has 0 heterocycles. The third kappa shape index (κ3) is 7.28. The van der Waals surface area contributed by atoms with Crippen LogP contribution in [0.4, 0.5) is 10.1 Å². The van der Waals surface area contributed by atoms with Crippen LogP contribution in [0.15, 0.2) is 42.5 Å². The molecule has 0 unspecified atom stereocenters. The molecule has 0 bridgehead atoms. The predicted octanol–water partition coefficient (Wildman–Crippen LogP) is 3.15. The van der Waals surface area contributed by atoms with E-state index in [1.54, 1.807) is 26.0 Å². The number of sulfonamides is 1. The van der Waals surface area contributed by atoms with Gasteiger partial charge in [0.1, 0.15) is 18.4 Å². The number of amides is 2. The fraction of sp³-hybridized carbons (Fsp3) is 0.417. The molecule has 2 aromatic carbocycles. The summed E-state index contributed by atoms with van der Waals surface area (Å²) >= 11 is 0. The summed E-state index contributed by atoms with van der Waals surface area (Å²) in [5, 5.41) is 2.77. The normalized spacial score (nSPS) is 12.2. The third-order valence-electron chi connectivity index (χ3n) is 5.28. The van der Waals surface area contributed by atoms with E-state index >= 15 is 0 Å². The highest BCUT2D eigenvalue weighted by Crippen LogP contribution is 2.24. The van der Waals surface area contributed by atoms with Crippen molar-refractivity contribution < 1.29 is 22.4 Å². The third-order valence-corrected chi connectivity index (χ3v) is 6.41. The number of hydrogen-bond donors (Lipinski definition) is 1. The molecule has 180 valence electrons. The lowest BCUT2D eigenvalue weighted by Crippen LogP contribution is -2.51. The van der Waals surface area contributed by atoms with Crippen molar-refractivity contribution in [1.29, 1.82) is 0 Å². The predicted molar refractivity (Wildman–Crippen MR) is 128 cm³/mol. The van der Waals surface area contributed by atoms with Crippen molar-refractivity contribution in [3.8, 4) is 0 Å². The standard InChI is InChI=1S/C24H32FN3O4S/c1-6-13-26-24(30)19(4)27(15-20-8-10-21(25)11-9-20)23(29)16-28(33(5,31)32)22-12-7-17(2)14-18(22)3/h7-12,14,19H,6,13,15-16H2,1-5H3,(H,26,30)/t19-/m0/s1. The van der Waals surface area contributed by atoms with Gasteiger partial charge in [0.2, 0.25) is 21.8 Å². The fourth-order valence-electron chi connectivity index (χ4n) is 3.45. The summed E-state index contributed by atoms with van der Waals surface area (Å²) in [6.45, 7) is 7.21. The van der Waals surface area contributed by atoms with E-state index in [1.165, 1.54) is 29.2 Å². The average Bonchev–Trinajstić information content (AvgIpc) is 2.74. The molecule has 0 aliphatic carbocycles. The van der Waals surface area contributed by atoms with Gasteiger partial charge in [-0.2, -0.15) is 0 Å². The number of anilines is 1. The summed E-state index contributed by atoms with van der Waals surface area (Å²) in [6, 6.07) is 10.1. The summed E-state index contributed by atoms with van der Waals surface area (Å²) in [5.74, 6) is -1.29. The largest absolute Gasteiger partial charge is 0.354 e. The van der Waals surface area contributed by atoms with Gasteiger partial charge >= 0.3 is 0 Å². The van der Waals surface area contributed by atoms with Gasteiger partial charge in [-0.3, -0.25) is 13.9 Å². The van der Waals surface area contributed by atoms with E-state index in [1.807, 2.05) is 19.9 Å². The van der Waals surface area contributed by atoms with Gasteiger partial charge in [-0.15, -0.1) is 0 Å². The van der Waals surface area contributed by atoms with Crippen LogP contribution in [-0.4, -0.2) is 50.5 Å². The zero-order valence-corrected chi connectivity index (χ0v) is 20.6. The second-order valence-corrected chi connectivity index (χ2v) is 10.1. The van der Waals surface area contributed by atoms with Crippen LogP contribution in [0.2, 0.25) is 0 Å². The maximum Gasteiger partial charge on any atom is 0.244 e. The molecule has 2 amide bonds. The molecule has 0 fully saturated rings. The minimum Gasteiger partial charge on any atom is -0.354 e. The maximum atomic E-state index is 13.4. The van der Waals surface area contributed by atoms with Crippen molar-refractivity contribution >= 4 is 27.5 Å². The SMILES string of the molecule is CCCNC(=O)[C@H](C)N(Cc1ccc(F)cc1)C(=O)CN(c1ccc(C)cc1C)S(C)(=O)=O. The first-order chi connectivity index (χ1) is 15.4. The van der Waals surface area contributed by atoms with E-state index in [0.29, 0.717) is 23.4 Å². The van der Waals surface area contributed by atoms with Gasteiger partial charge in [0, 0.05) is 13.1 Å². The number of carbonyl (C=O) groups excluding carboxylic acids is 2. The van der Waals surface area contributed by atoms with Gasteiger partial charge < -0.3 is 10.2 Å². The minimum absolute atomic E-state index is 0.0321. The molecule has 0 saturated carbocycles. The van der Waals surface area contributed by atoms with E-state index in [9.17, 15) is 22.4 Å². The van der Waals surface area contributed by atoms with Crippen LogP contribution in [0.5, 0.6) is 0 Å². The number of aryl methyl sites for hydroxylation is 2. The topological polar surface area (TPSA) is 86.8 Å². The second-order valence-electron chi connectivity index (χ2n) is 8.17. The van der Waals surface area contributed by atoms with Crippen LogP contribution >= 0.6 is 0 Å². The first kappa shape index (κ1) is 26.3. The Kier molecular flexibility index (Phi) is 8.99. The van der Waals surface area contributed by atoms with E-state index in [0.717, 1.165) is 22.5 Å². The molecule has 0 spiro atoms. The quantitative estimate of drug-likeness (QED) is 0.570. The van der Waals surface area contributed by atoms with Gasteiger partial charge in [0.25, 0.3) is 0 Å².